The third kappa shape index (κ3) is 4.48. The molecular weight excluding hydrogens is 415 g/mol. The molecule has 0 aliphatic carbocycles. The van der Waals surface area contributed by atoms with E-state index >= 15 is 0 Å². The van der Waals surface area contributed by atoms with Crippen molar-refractivity contribution in [2.45, 2.75) is 57.8 Å². The average Bonchev–Trinajstić information content (AvgIpc) is 2.94. The lowest BCUT2D eigenvalue weighted by Gasteiger charge is -2.47. The van der Waals surface area contributed by atoms with Gasteiger partial charge >= 0.3 is 0 Å². The number of likely N-dealkylation sites (tertiary alicyclic amines) is 1. The minimum absolute atomic E-state index is 0.119. The van der Waals surface area contributed by atoms with Gasteiger partial charge in [-0.15, -0.1) is 0 Å². The van der Waals surface area contributed by atoms with E-state index < -0.39 is 21.4 Å². The minimum atomic E-state index is -3.63. The van der Waals surface area contributed by atoms with E-state index in [0.717, 1.165) is 24.4 Å². The summed E-state index contributed by atoms with van der Waals surface area (Å²) < 4.78 is 46.8. The molecule has 1 fully saturated rings. The van der Waals surface area contributed by atoms with Crippen molar-refractivity contribution in [3.63, 3.8) is 0 Å². The van der Waals surface area contributed by atoms with Crippen LogP contribution in [0.4, 0.5) is 10.1 Å². The van der Waals surface area contributed by atoms with E-state index in [4.69, 9.17) is 4.74 Å². The highest BCUT2D eigenvalue weighted by Gasteiger charge is 2.49. The van der Waals surface area contributed by atoms with Gasteiger partial charge < -0.3 is 4.74 Å². The molecule has 2 aliphatic heterocycles. The lowest BCUT2D eigenvalue weighted by atomic mass is 9.83. The first-order valence-corrected chi connectivity index (χ1v) is 12.2. The predicted molar refractivity (Wildman–Crippen MR) is 121 cm³/mol. The van der Waals surface area contributed by atoms with Gasteiger partial charge in [0.1, 0.15) is 11.6 Å². The molecule has 7 heteroatoms. The van der Waals surface area contributed by atoms with Gasteiger partial charge in [-0.2, -0.15) is 0 Å². The molecule has 1 spiro atoms. The molecule has 1 saturated heterocycles. The maximum absolute atomic E-state index is 13.9. The molecule has 5 nitrogen and oxygen atoms in total. The fourth-order valence-corrected chi connectivity index (χ4v) is 6.38. The van der Waals surface area contributed by atoms with E-state index in [1.165, 1.54) is 21.8 Å². The molecule has 4 rings (SSSR count). The molecule has 0 N–H and O–H groups in total. The van der Waals surface area contributed by atoms with Crippen molar-refractivity contribution in [3.05, 3.63) is 71.4 Å². The van der Waals surface area contributed by atoms with Crippen LogP contribution in [0, 0.1) is 5.82 Å². The van der Waals surface area contributed by atoms with Gasteiger partial charge in [-0.3, -0.25) is 9.21 Å². The Bertz CT molecular complexity index is 1090. The van der Waals surface area contributed by atoms with E-state index in [1.54, 1.807) is 18.2 Å². The molecule has 0 aromatic heterocycles. The summed E-state index contributed by atoms with van der Waals surface area (Å²) >= 11 is 0. The number of ether oxygens (including phenoxy) is 1. The first-order chi connectivity index (χ1) is 14.7. The largest absolute Gasteiger partial charge is 0.491 e. The van der Waals surface area contributed by atoms with Crippen LogP contribution in [-0.2, 0) is 16.6 Å². The second-order valence-electron chi connectivity index (χ2n) is 8.78. The molecule has 0 radical (unpaired) electrons. The minimum Gasteiger partial charge on any atom is -0.491 e. The van der Waals surface area contributed by atoms with Gasteiger partial charge in [0.25, 0.3) is 10.0 Å². The zero-order valence-electron chi connectivity index (χ0n) is 18.2. The second kappa shape index (κ2) is 8.28. The van der Waals surface area contributed by atoms with Crippen LogP contribution >= 0.6 is 0 Å². The van der Waals surface area contributed by atoms with Crippen molar-refractivity contribution < 1.29 is 17.5 Å². The van der Waals surface area contributed by atoms with Crippen LogP contribution in [0.3, 0.4) is 0 Å². The van der Waals surface area contributed by atoms with E-state index in [1.807, 2.05) is 26.0 Å². The zero-order valence-corrected chi connectivity index (χ0v) is 19.0. The van der Waals surface area contributed by atoms with Gasteiger partial charge in [0.15, 0.2) is 0 Å². The molecule has 2 atom stereocenters. The molecular formula is C24H29FN2O3S. The molecule has 31 heavy (non-hydrogen) atoms. The van der Waals surface area contributed by atoms with Crippen LogP contribution in [0.5, 0.6) is 5.75 Å². The Hall–Kier alpha value is -2.38. The summed E-state index contributed by atoms with van der Waals surface area (Å²) in [4.78, 5) is 2.36. The summed E-state index contributed by atoms with van der Waals surface area (Å²) in [5, 5.41) is 1.27. The molecule has 166 valence electrons. The Labute approximate surface area is 184 Å². The molecule has 0 saturated carbocycles. The monoisotopic (exact) mass is 444 g/mol. The molecule has 0 amide bonds. The zero-order chi connectivity index (χ0) is 22.2. The fourth-order valence-electron chi connectivity index (χ4n) is 4.70. The lowest BCUT2D eigenvalue weighted by molar-refractivity contribution is 0.119. The lowest BCUT2D eigenvalue weighted by Crippen LogP contribution is -2.56. The average molecular weight is 445 g/mol. The molecule has 2 aromatic rings. The maximum atomic E-state index is 13.9. The van der Waals surface area contributed by atoms with Crippen LogP contribution in [0.1, 0.15) is 39.2 Å². The van der Waals surface area contributed by atoms with Crippen LogP contribution in [0.2, 0.25) is 0 Å². The first kappa shape index (κ1) is 21.8. The summed E-state index contributed by atoms with van der Waals surface area (Å²) in [6, 6.07) is 14.1. The highest BCUT2D eigenvalue weighted by molar-refractivity contribution is 7.96. The molecule has 2 heterocycles. The number of nitrogens with zero attached hydrogens (tertiary/aromatic N) is 2. The quantitative estimate of drug-likeness (QED) is 0.671. The Morgan fingerprint density at radius 1 is 1.19 bits per heavy atom. The number of piperidine rings is 1. The van der Waals surface area contributed by atoms with Crippen LogP contribution in [0.25, 0.3) is 0 Å². The second-order valence-corrected chi connectivity index (χ2v) is 10.5. The van der Waals surface area contributed by atoms with Crippen LogP contribution in [0.15, 0.2) is 60.0 Å². The molecule has 2 aromatic carbocycles. The van der Waals surface area contributed by atoms with Gasteiger partial charge in [-0.25, -0.2) is 12.8 Å². The molecule has 0 unspecified atom stereocenters. The van der Waals surface area contributed by atoms with Crippen molar-refractivity contribution >= 4 is 15.7 Å². The standard InChI is InChI=1S/C24H29FN2O3S/c1-18(2)30-23-9-4-6-20(14-23)17-26-12-10-24(16-19(26)3)11-13-31(28,29)27(24)22-8-5-7-21(25)15-22/h4-9,11,13-15,18-19H,10,12,16-17H2,1-3H3/t19-,24-/m0/s1. The van der Waals surface area contributed by atoms with Crippen LogP contribution < -0.4 is 9.04 Å². The van der Waals surface area contributed by atoms with E-state index in [9.17, 15) is 12.8 Å². The van der Waals surface area contributed by atoms with E-state index in [0.29, 0.717) is 18.5 Å². The maximum Gasteiger partial charge on any atom is 0.258 e. The summed E-state index contributed by atoms with van der Waals surface area (Å²) in [7, 11) is -3.63. The number of anilines is 1. The third-order valence-corrected chi connectivity index (χ3v) is 7.58. The van der Waals surface area contributed by atoms with Gasteiger partial charge in [-0.1, -0.05) is 18.2 Å². The highest BCUT2D eigenvalue weighted by atomic mass is 32.2. The van der Waals surface area contributed by atoms with Crippen molar-refractivity contribution in [1.82, 2.24) is 4.90 Å². The summed E-state index contributed by atoms with van der Waals surface area (Å²) in [5.74, 6) is 0.416. The summed E-state index contributed by atoms with van der Waals surface area (Å²) in [6.45, 7) is 7.64. The third-order valence-electron chi connectivity index (χ3n) is 6.01. The van der Waals surface area contributed by atoms with Crippen molar-refractivity contribution in [1.29, 1.82) is 0 Å². The molecule has 2 aliphatic rings. The van der Waals surface area contributed by atoms with Gasteiger partial charge in [0.2, 0.25) is 0 Å². The number of hydrogen-bond donors (Lipinski definition) is 0. The Kier molecular flexibility index (Phi) is 5.83. The van der Waals surface area contributed by atoms with Crippen LogP contribution in [-0.4, -0.2) is 37.5 Å². The smallest absolute Gasteiger partial charge is 0.258 e. The Morgan fingerprint density at radius 2 is 1.97 bits per heavy atom. The van der Waals surface area contributed by atoms with Gasteiger partial charge in [-0.05, 0) is 75.6 Å². The SMILES string of the molecule is CC(C)Oc1cccc(CN2CC[C@]3(C=CS(=O)(=O)N3c3cccc(F)c3)C[C@@H]2C)c1. The molecule has 0 bridgehead atoms. The van der Waals surface area contributed by atoms with E-state index in [2.05, 4.69) is 24.0 Å². The predicted octanol–water partition coefficient (Wildman–Crippen LogP) is 4.70. The van der Waals surface area contributed by atoms with E-state index in [-0.39, 0.29) is 12.1 Å². The number of sulfonamides is 1. The topological polar surface area (TPSA) is 49.9 Å². The fraction of sp³-hybridized carbons (Fsp3) is 0.417. The Morgan fingerprint density at radius 3 is 2.68 bits per heavy atom. The number of benzene rings is 2. The van der Waals surface area contributed by atoms with Crippen molar-refractivity contribution in [2.24, 2.45) is 0 Å². The number of rotatable bonds is 5. The Balaban J connectivity index is 1.54. The summed E-state index contributed by atoms with van der Waals surface area (Å²) in [6.07, 6.45) is 3.19. The van der Waals surface area contributed by atoms with Gasteiger partial charge in [0, 0.05) is 24.5 Å². The normalized spacial score (nSPS) is 25.5. The van der Waals surface area contributed by atoms with Gasteiger partial charge in [0.05, 0.1) is 17.3 Å². The number of halogens is 1. The van der Waals surface area contributed by atoms with Crippen molar-refractivity contribution in [3.8, 4) is 5.75 Å². The highest BCUT2D eigenvalue weighted by Crippen LogP contribution is 2.43. The first-order valence-electron chi connectivity index (χ1n) is 10.7. The summed E-state index contributed by atoms with van der Waals surface area (Å²) in [5.41, 5.74) is 0.882. The number of hydrogen-bond acceptors (Lipinski definition) is 4. The van der Waals surface area contributed by atoms with Crippen molar-refractivity contribution in [2.75, 3.05) is 10.8 Å².